The van der Waals surface area contributed by atoms with Gasteiger partial charge in [0, 0.05) is 0 Å². The average Bonchev–Trinajstić information content (AvgIpc) is 2.51. The molecule has 14 heavy (non-hydrogen) atoms. The van der Waals surface area contributed by atoms with Crippen molar-refractivity contribution in [3.63, 3.8) is 0 Å². The van der Waals surface area contributed by atoms with Gasteiger partial charge < -0.3 is 10.8 Å². The van der Waals surface area contributed by atoms with Crippen LogP contribution in [0.1, 0.15) is 23.9 Å². The average molecular weight is 209 g/mol. The molecule has 1 rings (SSSR count). The number of halogens is 3. The Hall–Kier alpha value is -1.08. The number of hydrogen-bond donors (Lipinski definition) is 3. The number of H-pyrrole nitrogens is 1. The van der Waals surface area contributed by atoms with Crippen LogP contribution in [-0.2, 0) is 6.18 Å². The fourth-order valence-corrected chi connectivity index (χ4v) is 0.966. The van der Waals surface area contributed by atoms with Crippen LogP contribution in [0.15, 0.2) is 6.07 Å². The standard InChI is InChI=1S/C7H10F3N3O/c8-7(9,10)6-3-4(12-13-6)5(14)1-2-11/h3,5,14H,1-2,11H2,(H,12,13)/t5-/m0/s1. The molecule has 0 aliphatic carbocycles. The maximum absolute atomic E-state index is 12.1. The van der Waals surface area contributed by atoms with Gasteiger partial charge in [-0.2, -0.15) is 18.3 Å². The lowest BCUT2D eigenvalue weighted by Crippen LogP contribution is -2.07. The molecule has 1 aromatic heterocycles. The molecule has 0 bridgehead atoms. The summed E-state index contributed by atoms with van der Waals surface area (Å²) in [6.07, 6.45) is -5.32. The van der Waals surface area contributed by atoms with Crippen molar-refractivity contribution in [2.75, 3.05) is 6.54 Å². The van der Waals surface area contributed by atoms with Gasteiger partial charge in [-0.1, -0.05) is 0 Å². The Balaban J connectivity index is 2.78. The minimum Gasteiger partial charge on any atom is -0.387 e. The molecule has 4 nitrogen and oxygen atoms in total. The minimum atomic E-state index is -4.49. The second-order valence-electron chi connectivity index (χ2n) is 2.80. The van der Waals surface area contributed by atoms with Crippen molar-refractivity contribution in [2.45, 2.75) is 18.7 Å². The van der Waals surface area contributed by atoms with Gasteiger partial charge in [-0.05, 0) is 19.0 Å². The zero-order valence-electron chi connectivity index (χ0n) is 7.17. The summed E-state index contributed by atoms with van der Waals surface area (Å²) in [5.41, 5.74) is 4.13. The number of alkyl halides is 3. The molecule has 1 heterocycles. The van der Waals surface area contributed by atoms with Crippen LogP contribution >= 0.6 is 0 Å². The molecule has 80 valence electrons. The van der Waals surface area contributed by atoms with Crippen molar-refractivity contribution in [2.24, 2.45) is 5.73 Å². The van der Waals surface area contributed by atoms with E-state index in [9.17, 15) is 18.3 Å². The van der Waals surface area contributed by atoms with Gasteiger partial charge in [0.25, 0.3) is 0 Å². The van der Waals surface area contributed by atoms with E-state index in [4.69, 9.17) is 5.73 Å². The summed E-state index contributed by atoms with van der Waals surface area (Å²) in [6, 6.07) is 0.778. The van der Waals surface area contributed by atoms with E-state index >= 15 is 0 Å². The quantitative estimate of drug-likeness (QED) is 0.689. The third kappa shape index (κ3) is 2.46. The van der Waals surface area contributed by atoms with Crippen LogP contribution in [0.2, 0.25) is 0 Å². The van der Waals surface area contributed by atoms with Crippen molar-refractivity contribution in [1.82, 2.24) is 10.2 Å². The highest BCUT2D eigenvalue weighted by molar-refractivity contribution is 5.13. The van der Waals surface area contributed by atoms with Crippen LogP contribution in [0.3, 0.4) is 0 Å². The van der Waals surface area contributed by atoms with E-state index in [0.29, 0.717) is 0 Å². The van der Waals surface area contributed by atoms with Crippen LogP contribution in [0.5, 0.6) is 0 Å². The van der Waals surface area contributed by atoms with E-state index < -0.39 is 18.0 Å². The number of aromatic nitrogens is 2. The molecule has 0 aromatic carbocycles. The van der Waals surface area contributed by atoms with Crippen molar-refractivity contribution >= 4 is 0 Å². The molecule has 1 atom stereocenters. The topological polar surface area (TPSA) is 74.9 Å². The van der Waals surface area contributed by atoms with Gasteiger partial charge >= 0.3 is 6.18 Å². The smallest absolute Gasteiger partial charge is 0.387 e. The van der Waals surface area contributed by atoms with Gasteiger partial charge in [0.2, 0.25) is 0 Å². The van der Waals surface area contributed by atoms with Gasteiger partial charge in [-0.25, -0.2) is 0 Å². The molecule has 0 radical (unpaired) electrons. The predicted octanol–water partition coefficient (Wildman–Crippen LogP) is 0.811. The maximum Gasteiger partial charge on any atom is 0.435 e. The highest BCUT2D eigenvalue weighted by Gasteiger charge is 2.34. The first-order valence-corrected chi connectivity index (χ1v) is 3.95. The molecule has 1 aromatic rings. The molecular formula is C7H10F3N3O. The Morgan fingerprint density at radius 1 is 1.57 bits per heavy atom. The molecule has 0 amide bonds. The fourth-order valence-electron chi connectivity index (χ4n) is 0.966. The minimum absolute atomic E-state index is 0.0303. The number of nitrogens with two attached hydrogens (primary N) is 1. The van der Waals surface area contributed by atoms with Crippen LogP contribution in [-0.4, -0.2) is 21.8 Å². The first kappa shape index (κ1) is 11.0. The summed E-state index contributed by atoms with van der Waals surface area (Å²) < 4.78 is 36.2. The van der Waals surface area contributed by atoms with Gasteiger partial charge in [0.15, 0.2) is 5.69 Å². The number of aliphatic hydroxyl groups is 1. The fraction of sp³-hybridized carbons (Fsp3) is 0.571. The molecule has 0 aliphatic rings. The number of rotatable bonds is 3. The lowest BCUT2D eigenvalue weighted by atomic mass is 10.2. The van der Waals surface area contributed by atoms with Gasteiger partial charge in [0.05, 0.1) is 11.8 Å². The highest BCUT2D eigenvalue weighted by Crippen LogP contribution is 2.29. The van der Waals surface area contributed by atoms with Gasteiger partial charge in [-0.3, -0.25) is 5.10 Å². The lowest BCUT2D eigenvalue weighted by Gasteiger charge is -2.04. The first-order valence-electron chi connectivity index (χ1n) is 3.95. The Morgan fingerprint density at radius 3 is 2.64 bits per heavy atom. The van der Waals surface area contributed by atoms with Crippen molar-refractivity contribution in [3.05, 3.63) is 17.5 Å². The third-order valence-corrected chi connectivity index (χ3v) is 1.69. The van der Waals surface area contributed by atoms with E-state index in [2.05, 4.69) is 10.2 Å². The monoisotopic (exact) mass is 209 g/mol. The van der Waals surface area contributed by atoms with Crippen molar-refractivity contribution in [1.29, 1.82) is 0 Å². The molecule has 0 aliphatic heterocycles. The summed E-state index contributed by atoms with van der Waals surface area (Å²) in [4.78, 5) is 0. The highest BCUT2D eigenvalue weighted by atomic mass is 19.4. The number of nitrogens with zero attached hydrogens (tertiary/aromatic N) is 1. The molecule has 0 saturated carbocycles. The van der Waals surface area contributed by atoms with Crippen molar-refractivity contribution < 1.29 is 18.3 Å². The second kappa shape index (κ2) is 3.97. The Kier molecular flexibility index (Phi) is 3.12. The predicted molar refractivity (Wildman–Crippen MR) is 42.2 cm³/mol. The van der Waals surface area contributed by atoms with Crippen LogP contribution in [0.25, 0.3) is 0 Å². The molecule has 0 fully saturated rings. The van der Waals surface area contributed by atoms with Gasteiger partial charge in [-0.15, -0.1) is 0 Å². The van der Waals surface area contributed by atoms with E-state index in [-0.39, 0.29) is 18.7 Å². The first-order chi connectivity index (χ1) is 6.45. The zero-order valence-corrected chi connectivity index (χ0v) is 7.17. The Labute approximate surface area is 77.9 Å². The third-order valence-electron chi connectivity index (χ3n) is 1.69. The van der Waals surface area contributed by atoms with E-state index in [1.165, 1.54) is 0 Å². The largest absolute Gasteiger partial charge is 0.435 e. The zero-order chi connectivity index (χ0) is 10.8. The molecule has 0 saturated heterocycles. The molecule has 7 heteroatoms. The molecule has 0 spiro atoms. The number of hydrogen-bond acceptors (Lipinski definition) is 3. The molecule has 0 unspecified atom stereocenters. The van der Waals surface area contributed by atoms with E-state index in [1.54, 1.807) is 0 Å². The number of nitrogens with one attached hydrogen (secondary N) is 1. The van der Waals surface area contributed by atoms with E-state index in [0.717, 1.165) is 6.07 Å². The SMILES string of the molecule is NCC[C@H](O)c1cc(C(F)(F)F)n[nH]1. The molecular weight excluding hydrogens is 199 g/mol. The summed E-state index contributed by atoms with van der Waals surface area (Å²) in [5, 5.41) is 14.4. The number of aromatic amines is 1. The lowest BCUT2D eigenvalue weighted by molar-refractivity contribution is -0.141. The summed E-state index contributed by atoms with van der Waals surface area (Å²) >= 11 is 0. The Morgan fingerprint density at radius 2 is 2.21 bits per heavy atom. The van der Waals surface area contributed by atoms with E-state index in [1.807, 2.05) is 0 Å². The summed E-state index contributed by atoms with van der Waals surface area (Å²) in [6.45, 7) is 0.196. The molecule has 4 N–H and O–H groups in total. The Bertz CT molecular complexity index is 297. The number of aliphatic hydroxyl groups excluding tert-OH is 1. The normalized spacial score (nSPS) is 14.4. The summed E-state index contributed by atoms with van der Waals surface area (Å²) in [5.74, 6) is 0. The van der Waals surface area contributed by atoms with Crippen LogP contribution < -0.4 is 5.73 Å². The van der Waals surface area contributed by atoms with Crippen molar-refractivity contribution in [3.8, 4) is 0 Å². The second-order valence-corrected chi connectivity index (χ2v) is 2.80. The van der Waals surface area contributed by atoms with Crippen LogP contribution in [0, 0.1) is 0 Å². The maximum atomic E-state index is 12.1. The summed E-state index contributed by atoms with van der Waals surface area (Å²) in [7, 11) is 0. The van der Waals surface area contributed by atoms with Crippen LogP contribution in [0.4, 0.5) is 13.2 Å². The van der Waals surface area contributed by atoms with Gasteiger partial charge in [0.1, 0.15) is 0 Å².